The fourth-order valence-corrected chi connectivity index (χ4v) is 3.03. The summed E-state index contributed by atoms with van der Waals surface area (Å²) in [5, 5.41) is 1.36. The van der Waals surface area contributed by atoms with Crippen LogP contribution < -0.4 is 11.5 Å². The van der Waals surface area contributed by atoms with Crippen LogP contribution >= 0.6 is 11.8 Å². The summed E-state index contributed by atoms with van der Waals surface area (Å²) >= 11 is 1.71. The summed E-state index contributed by atoms with van der Waals surface area (Å²) in [6, 6.07) is 1.59. The lowest BCUT2D eigenvalue weighted by molar-refractivity contribution is 0.515. The maximum absolute atomic E-state index is 5.62. The summed E-state index contributed by atoms with van der Waals surface area (Å²) in [6.45, 7) is 0. The van der Waals surface area contributed by atoms with Crippen molar-refractivity contribution in [3.8, 4) is 0 Å². The highest BCUT2D eigenvalue weighted by atomic mass is 32.2. The molecule has 0 saturated heterocycles. The van der Waals surface area contributed by atoms with Gasteiger partial charge in [-0.3, -0.25) is 0 Å². The molecular formula is C10H16N4S. The molecule has 82 valence electrons. The van der Waals surface area contributed by atoms with E-state index in [4.69, 9.17) is 11.5 Å². The monoisotopic (exact) mass is 224 g/mol. The molecule has 15 heavy (non-hydrogen) atoms. The zero-order chi connectivity index (χ0) is 10.7. The van der Waals surface area contributed by atoms with Crippen LogP contribution in [0, 0.1) is 0 Å². The quantitative estimate of drug-likeness (QED) is 0.752. The number of rotatable bonds is 2. The average molecular weight is 224 g/mol. The van der Waals surface area contributed by atoms with E-state index in [0.717, 1.165) is 5.16 Å². The third kappa shape index (κ3) is 2.99. The third-order valence-corrected chi connectivity index (χ3v) is 3.77. The first-order chi connectivity index (χ1) is 7.24. The molecule has 1 aliphatic carbocycles. The van der Waals surface area contributed by atoms with Gasteiger partial charge in [0, 0.05) is 11.3 Å². The first-order valence-electron chi connectivity index (χ1n) is 5.31. The van der Waals surface area contributed by atoms with Gasteiger partial charge in [-0.15, -0.1) is 0 Å². The second-order valence-corrected chi connectivity index (χ2v) is 5.15. The van der Waals surface area contributed by atoms with E-state index >= 15 is 0 Å². The Morgan fingerprint density at radius 3 is 2.27 bits per heavy atom. The summed E-state index contributed by atoms with van der Waals surface area (Å²) < 4.78 is 0. The molecule has 0 spiro atoms. The van der Waals surface area contributed by atoms with Crippen molar-refractivity contribution in [2.75, 3.05) is 11.5 Å². The van der Waals surface area contributed by atoms with E-state index in [1.165, 1.54) is 32.1 Å². The number of anilines is 2. The number of nitrogens with zero attached hydrogens (tertiary/aromatic N) is 2. The normalized spacial score (nSPS) is 17.9. The largest absolute Gasteiger partial charge is 0.383 e. The Balaban J connectivity index is 2.02. The fraction of sp³-hybridized carbons (Fsp3) is 0.600. The lowest BCUT2D eigenvalue weighted by atomic mass is 10.0. The van der Waals surface area contributed by atoms with Gasteiger partial charge in [0.15, 0.2) is 5.16 Å². The average Bonchev–Trinajstić information content (AvgIpc) is 2.17. The van der Waals surface area contributed by atoms with Gasteiger partial charge < -0.3 is 11.5 Å². The van der Waals surface area contributed by atoms with Gasteiger partial charge in [0.25, 0.3) is 0 Å². The standard InChI is InChI=1S/C10H16N4S/c11-8-6-9(12)14-10(13-8)15-7-4-2-1-3-5-7/h6-7H,1-5H2,(H4,11,12,13,14). The molecule has 5 heteroatoms. The van der Waals surface area contributed by atoms with Crippen LogP contribution in [-0.4, -0.2) is 15.2 Å². The molecule has 1 heterocycles. The molecule has 1 aromatic rings. The maximum atomic E-state index is 5.62. The number of nitrogen functional groups attached to an aromatic ring is 2. The molecule has 4 N–H and O–H groups in total. The molecule has 1 fully saturated rings. The van der Waals surface area contributed by atoms with E-state index < -0.39 is 0 Å². The van der Waals surface area contributed by atoms with Crippen molar-refractivity contribution in [3.05, 3.63) is 6.07 Å². The van der Waals surface area contributed by atoms with Gasteiger partial charge in [-0.05, 0) is 12.8 Å². The highest BCUT2D eigenvalue weighted by Gasteiger charge is 2.16. The Kier molecular flexibility index (Phi) is 3.30. The number of hydrogen-bond acceptors (Lipinski definition) is 5. The molecule has 4 nitrogen and oxygen atoms in total. The van der Waals surface area contributed by atoms with Gasteiger partial charge >= 0.3 is 0 Å². The smallest absolute Gasteiger partial charge is 0.191 e. The molecule has 1 saturated carbocycles. The zero-order valence-corrected chi connectivity index (χ0v) is 9.46. The van der Waals surface area contributed by atoms with Crippen LogP contribution in [0.1, 0.15) is 32.1 Å². The number of thioether (sulfide) groups is 1. The Hall–Kier alpha value is -0.970. The van der Waals surface area contributed by atoms with Crippen LogP contribution in [0.25, 0.3) is 0 Å². The van der Waals surface area contributed by atoms with Gasteiger partial charge in [0.05, 0.1) is 0 Å². The Bertz CT molecular complexity index is 316. The minimum atomic E-state index is 0.459. The second kappa shape index (κ2) is 4.70. The van der Waals surface area contributed by atoms with E-state index in [1.54, 1.807) is 17.8 Å². The van der Waals surface area contributed by atoms with Crippen molar-refractivity contribution in [2.24, 2.45) is 0 Å². The van der Waals surface area contributed by atoms with E-state index in [0.29, 0.717) is 16.9 Å². The van der Waals surface area contributed by atoms with Crippen molar-refractivity contribution in [1.82, 2.24) is 9.97 Å². The number of hydrogen-bond donors (Lipinski definition) is 2. The van der Waals surface area contributed by atoms with E-state index in [9.17, 15) is 0 Å². The molecular weight excluding hydrogens is 208 g/mol. The number of nitrogens with two attached hydrogens (primary N) is 2. The Labute approximate surface area is 93.9 Å². The van der Waals surface area contributed by atoms with Gasteiger partial charge in [-0.1, -0.05) is 31.0 Å². The van der Waals surface area contributed by atoms with Gasteiger partial charge in [0.2, 0.25) is 0 Å². The molecule has 0 amide bonds. The summed E-state index contributed by atoms with van der Waals surface area (Å²) in [5.41, 5.74) is 11.2. The number of aromatic nitrogens is 2. The van der Waals surface area contributed by atoms with Crippen LogP contribution in [-0.2, 0) is 0 Å². The van der Waals surface area contributed by atoms with Gasteiger partial charge in [-0.25, -0.2) is 9.97 Å². The van der Waals surface area contributed by atoms with Gasteiger partial charge in [-0.2, -0.15) is 0 Å². The van der Waals surface area contributed by atoms with Crippen LogP contribution in [0.2, 0.25) is 0 Å². The molecule has 0 radical (unpaired) electrons. The van der Waals surface area contributed by atoms with Gasteiger partial charge in [0.1, 0.15) is 11.6 Å². The highest BCUT2D eigenvalue weighted by Crippen LogP contribution is 2.32. The molecule has 1 aliphatic rings. The Morgan fingerprint density at radius 2 is 1.67 bits per heavy atom. The predicted octanol–water partition coefficient (Wildman–Crippen LogP) is 2.07. The molecule has 2 rings (SSSR count). The van der Waals surface area contributed by atoms with Crippen LogP contribution in [0.4, 0.5) is 11.6 Å². The molecule has 0 bridgehead atoms. The predicted molar refractivity (Wildman–Crippen MR) is 63.6 cm³/mol. The molecule has 0 atom stereocenters. The first kappa shape index (κ1) is 10.5. The lowest BCUT2D eigenvalue weighted by Crippen LogP contribution is -2.09. The van der Waals surface area contributed by atoms with Crippen molar-refractivity contribution in [3.63, 3.8) is 0 Å². The summed E-state index contributed by atoms with van der Waals surface area (Å²) in [4.78, 5) is 8.36. The van der Waals surface area contributed by atoms with Crippen molar-refractivity contribution >= 4 is 23.4 Å². The topological polar surface area (TPSA) is 77.8 Å². The molecule has 1 aromatic heterocycles. The van der Waals surface area contributed by atoms with E-state index in [1.807, 2.05) is 0 Å². The molecule has 0 aliphatic heterocycles. The van der Waals surface area contributed by atoms with Crippen LogP contribution in [0.5, 0.6) is 0 Å². The summed E-state index contributed by atoms with van der Waals surface area (Å²) in [6.07, 6.45) is 6.49. The lowest BCUT2D eigenvalue weighted by Gasteiger charge is -2.19. The summed E-state index contributed by atoms with van der Waals surface area (Å²) in [7, 11) is 0. The molecule has 0 unspecified atom stereocenters. The second-order valence-electron chi connectivity index (χ2n) is 3.88. The SMILES string of the molecule is Nc1cc(N)nc(SC2CCCCC2)n1. The maximum Gasteiger partial charge on any atom is 0.191 e. The Morgan fingerprint density at radius 1 is 1.07 bits per heavy atom. The third-order valence-electron chi connectivity index (χ3n) is 2.57. The fourth-order valence-electron chi connectivity index (χ4n) is 1.85. The van der Waals surface area contributed by atoms with Crippen LogP contribution in [0.3, 0.4) is 0 Å². The van der Waals surface area contributed by atoms with E-state index in [-0.39, 0.29) is 0 Å². The van der Waals surface area contributed by atoms with Crippen LogP contribution in [0.15, 0.2) is 11.2 Å². The minimum Gasteiger partial charge on any atom is -0.383 e. The zero-order valence-electron chi connectivity index (χ0n) is 8.65. The minimum absolute atomic E-state index is 0.459. The highest BCUT2D eigenvalue weighted by molar-refractivity contribution is 7.99. The van der Waals surface area contributed by atoms with E-state index in [2.05, 4.69) is 9.97 Å². The van der Waals surface area contributed by atoms with Crippen molar-refractivity contribution in [2.45, 2.75) is 42.5 Å². The van der Waals surface area contributed by atoms with Crippen molar-refractivity contribution < 1.29 is 0 Å². The summed E-state index contributed by atoms with van der Waals surface area (Å²) in [5.74, 6) is 0.918. The first-order valence-corrected chi connectivity index (χ1v) is 6.19. The molecule has 0 aromatic carbocycles. The van der Waals surface area contributed by atoms with Crippen molar-refractivity contribution in [1.29, 1.82) is 0 Å².